The minimum atomic E-state index is 0. The second-order valence-corrected chi connectivity index (χ2v) is 4.78. The summed E-state index contributed by atoms with van der Waals surface area (Å²) in [5, 5.41) is 6.24. The van der Waals surface area contributed by atoms with E-state index in [0.717, 1.165) is 6.54 Å². The first-order chi connectivity index (χ1) is 8.63. The Bertz CT molecular complexity index is 356. The summed E-state index contributed by atoms with van der Waals surface area (Å²) in [6.07, 6.45) is 0.545. The Morgan fingerprint density at radius 2 is 1.84 bits per heavy atom. The average Bonchev–Trinajstić information content (AvgIpc) is 2.38. The van der Waals surface area contributed by atoms with Crippen molar-refractivity contribution in [2.24, 2.45) is 0 Å². The van der Waals surface area contributed by atoms with E-state index in [1.807, 2.05) is 18.2 Å². The summed E-state index contributed by atoms with van der Waals surface area (Å²) in [4.78, 5) is 11.8. The van der Waals surface area contributed by atoms with Gasteiger partial charge >= 0.3 is 0 Å². The molecule has 2 atom stereocenters. The van der Waals surface area contributed by atoms with Gasteiger partial charge in [-0.15, -0.1) is 12.4 Å². The molecular weight excluding hydrogens is 260 g/mol. The van der Waals surface area contributed by atoms with Gasteiger partial charge in [-0.25, -0.2) is 0 Å². The minimum Gasteiger partial charge on any atom is -0.355 e. The van der Waals surface area contributed by atoms with E-state index < -0.39 is 0 Å². The van der Waals surface area contributed by atoms with Crippen molar-refractivity contribution in [2.75, 3.05) is 13.1 Å². The highest BCUT2D eigenvalue weighted by molar-refractivity contribution is 5.85. The molecule has 0 aliphatic carbocycles. The molecule has 19 heavy (non-hydrogen) atoms. The largest absolute Gasteiger partial charge is 0.355 e. The predicted octanol–water partition coefficient (Wildman–Crippen LogP) is 2.72. The number of carbonyl (C=O) groups is 1. The quantitative estimate of drug-likeness (QED) is 0.808. The molecular formula is C15H25ClN2O. The summed E-state index contributed by atoms with van der Waals surface area (Å²) >= 11 is 0. The molecule has 0 aliphatic rings. The molecule has 0 saturated carbocycles. The third kappa shape index (κ3) is 7.19. The van der Waals surface area contributed by atoms with Gasteiger partial charge in [-0.2, -0.15) is 0 Å². The highest BCUT2D eigenvalue weighted by Crippen LogP contribution is 2.17. The fraction of sp³-hybridized carbons (Fsp3) is 0.533. The molecule has 0 bridgehead atoms. The van der Waals surface area contributed by atoms with Gasteiger partial charge in [-0.1, -0.05) is 44.2 Å². The van der Waals surface area contributed by atoms with E-state index in [-0.39, 0.29) is 24.2 Å². The van der Waals surface area contributed by atoms with Crippen LogP contribution in [-0.2, 0) is 4.79 Å². The first-order valence-corrected chi connectivity index (χ1v) is 6.68. The number of likely N-dealkylation sites (N-methyl/N-ethyl adjacent to an activating group) is 1. The third-order valence-corrected chi connectivity index (χ3v) is 3.02. The van der Waals surface area contributed by atoms with Gasteiger partial charge in [-0.05, 0) is 24.9 Å². The maximum absolute atomic E-state index is 11.8. The van der Waals surface area contributed by atoms with Crippen molar-refractivity contribution in [3.63, 3.8) is 0 Å². The van der Waals surface area contributed by atoms with Gasteiger partial charge < -0.3 is 10.6 Å². The Labute approximate surface area is 122 Å². The SMILES string of the molecule is CCN[C@H](C)CNC(=O)CC(C)c1ccccc1.Cl. The molecule has 1 aromatic rings. The van der Waals surface area contributed by atoms with Crippen LogP contribution in [0.4, 0.5) is 0 Å². The van der Waals surface area contributed by atoms with Crippen molar-refractivity contribution in [3.05, 3.63) is 35.9 Å². The molecule has 1 amide bonds. The molecule has 0 fully saturated rings. The molecule has 4 heteroatoms. The van der Waals surface area contributed by atoms with E-state index in [2.05, 4.69) is 43.5 Å². The van der Waals surface area contributed by atoms with Gasteiger partial charge in [0.05, 0.1) is 0 Å². The van der Waals surface area contributed by atoms with Crippen LogP contribution >= 0.6 is 12.4 Å². The van der Waals surface area contributed by atoms with E-state index in [0.29, 0.717) is 19.0 Å². The Kier molecular flexibility index (Phi) is 9.27. The summed E-state index contributed by atoms with van der Waals surface area (Å²) < 4.78 is 0. The molecule has 1 unspecified atom stereocenters. The summed E-state index contributed by atoms with van der Waals surface area (Å²) in [7, 11) is 0. The van der Waals surface area contributed by atoms with Crippen molar-refractivity contribution in [2.45, 2.75) is 39.2 Å². The van der Waals surface area contributed by atoms with Crippen molar-refractivity contribution in [1.82, 2.24) is 10.6 Å². The van der Waals surface area contributed by atoms with Gasteiger partial charge in [-0.3, -0.25) is 4.79 Å². The molecule has 0 saturated heterocycles. The standard InChI is InChI=1S/C15H24N2O.ClH/c1-4-16-13(3)11-17-15(18)10-12(2)14-8-6-5-7-9-14;/h5-9,12-13,16H,4,10-11H2,1-3H3,(H,17,18);1H/t12?,13-;/m1./s1. The van der Waals surface area contributed by atoms with Crippen LogP contribution in [0.2, 0.25) is 0 Å². The van der Waals surface area contributed by atoms with Crippen molar-refractivity contribution in [1.29, 1.82) is 0 Å². The number of halogens is 1. The number of hydrogen-bond donors (Lipinski definition) is 2. The van der Waals surface area contributed by atoms with Crippen LogP contribution in [0, 0.1) is 0 Å². The second-order valence-electron chi connectivity index (χ2n) is 4.78. The van der Waals surface area contributed by atoms with Crippen molar-refractivity contribution < 1.29 is 4.79 Å². The average molecular weight is 285 g/mol. The molecule has 0 aromatic heterocycles. The fourth-order valence-electron chi connectivity index (χ4n) is 1.94. The van der Waals surface area contributed by atoms with Crippen LogP contribution in [0.3, 0.4) is 0 Å². The van der Waals surface area contributed by atoms with Gasteiger partial charge in [0.1, 0.15) is 0 Å². The molecule has 0 spiro atoms. The number of hydrogen-bond acceptors (Lipinski definition) is 2. The van der Waals surface area contributed by atoms with Crippen LogP contribution < -0.4 is 10.6 Å². The van der Waals surface area contributed by atoms with Crippen molar-refractivity contribution in [3.8, 4) is 0 Å². The third-order valence-electron chi connectivity index (χ3n) is 3.02. The normalized spacial score (nSPS) is 13.2. The zero-order chi connectivity index (χ0) is 13.4. The Morgan fingerprint density at radius 3 is 2.42 bits per heavy atom. The van der Waals surface area contributed by atoms with Crippen LogP contribution in [0.15, 0.2) is 30.3 Å². The topological polar surface area (TPSA) is 41.1 Å². The predicted molar refractivity (Wildman–Crippen MR) is 82.9 cm³/mol. The number of amides is 1. The molecule has 0 heterocycles. The van der Waals surface area contributed by atoms with E-state index >= 15 is 0 Å². The highest BCUT2D eigenvalue weighted by Gasteiger charge is 2.11. The fourth-order valence-corrected chi connectivity index (χ4v) is 1.94. The summed E-state index contributed by atoms with van der Waals surface area (Å²) in [5.74, 6) is 0.386. The van der Waals surface area contributed by atoms with Gasteiger partial charge in [0.15, 0.2) is 0 Å². The Hall–Kier alpha value is -1.06. The second kappa shape index (κ2) is 9.82. The number of benzene rings is 1. The summed E-state index contributed by atoms with van der Waals surface area (Å²) in [6, 6.07) is 10.5. The molecule has 1 rings (SSSR count). The maximum Gasteiger partial charge on any atom is 0.220 e. The molecule has 2 N–H and O–H groups in total. The zero-order valence-corrected chi connectivity index (χ0v) is 12.8. The first kappa shape index (κ1) is 17.9. The molecule has 1 aromatic carbocycles. The molecule has 0 aliphatic heterocycles. The van der Waals surface area contributed by atoms with E-state index in [9.17, 15) is 4.79 Å². The Morgan fingerprint density at radius 1 is 1.21 bits per heavy atom. The summed E-state index contributed by atoms with van der Waals surface area (Å²) in [6.45, 7) is 7.84. The molecule has 108 valence electrons. The minimum absolute atomic E-state index is 0. The number of nitrogens with one attached hydrogen (secondary N) is 2. The lowest BCUT2D eigenvalue weighted by Gasteiger charge is -2.15. The maximum atomic E-state index is 11.8. The van der Waals surface area contributed by atoms with Gasteiger partial charge in [0.25, 0.3) is 0 Å². The monoisotopic (exact) mass is 284 g/mol. The van der Waals surface area contributed by atoms with E-state index in [4.69, 9.17) is 0 Å². The van der Waals surface area contributed by atoms with Crippen LogP contribution in [-0.4, -0.2) is 25.0 Å². The smallest absolute Gasteiger partial charge is 0.220 e. The van der Waals surface area contributed by atoms with E-state index in [1.54, 1.807) is 0 Å². The van der Waals surface area contributed by atoms with E-state index in [1.165, 1.54) is 5.56 Å². The van der Waals surface area contributed by atoms with Crippen LogP contribution in [0.25, 0.3) is 0 Å². The lowest BCUT2D eigenvalue weighted by atomic mass is 9.97. The highest BCUT2D eigenvalue weighted by atomic mass is 35.5. The molecule has 0 radical (unpaired) electrons. The Balaban J connectivity index is 0.00000324. The van der Waals surface area contributed by atoms with Crippen LogP contribution in [0.5, 0.6) is 0 Å². The van der Waals surface area contributed by atoms with Gasteiger partial charge in [0, 0.05) is 19.0 Å². The molecule has 3 nitrogen and oxygen atoms in total. The lowest BCUT2D eigenvalue weighted by Crippen LogP contribution is -2.39. The zero-order valence-electron chi connectivity index (χ0n) is 12.0. The lowest BCUT2D eigenvalue weighted by molar-refractivity contribution is -0.121. The summed E-state index contributed by atoms with van der Waals surface area (Å²) in [5.41, 5.74) is 1.22. The number of rotatable bonds is 7. The van der Waals surface area contributed by atoms with Gasteiger partial charge in [0.2, 0.25) is 5.91 Å². The van der Waals surface area contributed by atoms with Crippen LogP contribution in [0.1, 0.15) is 38.7 Å². The first-order valence-electron chi connectivity index (χ1n) is 6.68. The number of carbonyl (C=O) groups excluding carboxylic acids is 1. The van der Waals surface area contributed by atoms with Crippen molar-refractivity contribution >= 4 is 18.3 Å².